The second-order valence-corrected chi connectivity index (χ2v) is 4.89. The number of halogens is 3. The second kappa shape index (κ2) is 5.62. The Kier molecular flexibility index (Phi) is 3.67. The lowest BCUT2D eigenvalue weighted by Crippen LogP contribution is -1.93. The Labute approximate surface area is 125 Å². The number of hydrogen-bond acceptors (Lipinski definition) is 1. The molecule has 0 atom stereocenters. The Morgan fingerprint density at radius 1 is 0.714 bits per heavy atom. The number of benzene rings is 2. The molecule has 1 nitrogen and oxygen atoms in total. The summed E-state index contributed by atoms with van der Waals surface area (Å²) in [5, 5.41) is 0.320. The monoisotopic (exact) mass is 301 g/mol. The minimum Gasteiger partial charge on any atom is -0.246 e. The molecule has 104 valence electrons. The van der Waals surface area contributed by atoms with Crippen molar-refractivity contribution in [1.29, 1.82) is 0 Å². The molecule has 1 heterocycles. The lowest BCUT2D eigenvalue weighted by atomic mass is 10.1. The first kappa shape index (κ1) is 13.7. The van der Waals surface area contributed by atoms with E-state index >= 15 is 0 Å². The smallest absolute Gasteiger partial charge is 0.132 e. The molecule has 0 aliphatic rings. The predicted octanol–water partition coefficient (Wildman–Crippen LogP) is 5.35. The molecule has 0 saturated heterocycles. The fourth-order valence-corrected chi connectivity index (χ4v) is 2.31. The van der Waals surface area contributed by atoms with E-state index in [1.54, 1.807) is 48.5 Å². The molecule has 0 aliphatic heterocycles. The largest absolute Gasteiger partial charge is 0.246 e. The van der Waals surface area contributed by atoms with E-state index in [1.807, 2.05) is 0 Å². The Morgan fingerprint density at radius 3 is 1.90 bits per heavy atom. The van der Waals surface area contributed by atoms with Gasteiger partial charge in [0.2, 0.25) is 0 Å². The van der Waals surface area contributed by atoms with Crippen LogP contribution in [0.25, 0.3) is 22.5 Å². The van der Waals surface area contributed by atoms with Crippen molar-refractivity contribution in [2.45, 2.75) is 0 Å². The average Bonchev–Trinajstić information content (AvgIpc) is 2.49. The molecule has 0 unspecified atom stereocenters. The van der Waals surface area contributed by atoms with Crippen molar-refractivity contribution in [3.63, 3.8) is 0 Å². The minimum atomic E-state index is -0.419. The van der Waals surface area contributed by atoms with Crippen LogP contribution in [0.3, 0.4) is 0 Å². The van der Waals surface area contributed by atoms with Crippen LogP contribution >= 0.6 is 11.6 Å². The van der Waals surface area contributed by atoms with Crippen LogP contribution in [0, 0.1) is 11.6 Å². The van der Waals surface area contributed by atoms with E-state index in [0.29, 0.717) is 27.5 Å². The lowest BCUT2D eigenvalue weighted by Gasteiger charge is -2.08. The molecule has 0 fully saturated rings. The van der Waals surface area contributed by atoms with Gasteiger partial charge in [0.1, 0.15) is 11.6 Å². The van der Waals surface area contributed by atoms with Crippen molar-refractivity contribution < 1.29 is 8.78 Å². The van der Waals surface area contributed by atoms with Crippen molar-refractivity contribution in [2.24, 2.45) is 0 Å². The van der Waals surface area contributed by atoms with Gasteiger partial charge in [-0.2, -0.15) is 0 Å². The molecule has 2 aromatic carbocycles. The number of aromatic nitrogens is 1. The molecule has 1 aromatic heterocycles. The van der Waals surface area contributed by atoms with Gasteiger partial charge < -0.3 is 0 Å². The van der Waals surface area contributed by atoms with E-state index in [2.05, 4.69) is 4.98 Å². The molecular formula is C17H10ClF2N. The highest BCUT2D eigenvalue weighted by Gasteiger charge is 2.13. The predicted molar refractivity (Wildman–Crippen MR) is 80.0 cm³/mol. The molecule has 0 saturated carbocycles. The summed E-state index contributed by atoms with van der Waals surface area (Å²) in [6.07, 6.45) is 0. The van der Waals surface area contributed by atoms with Crippen LogP contribution in [-0.4, -0.2) is 4.98 Å². The van der Waals surface area contributed by atoms with Crippen LogP contribution in [0.2, 0.25) is 5.02 Å². The lowest BCUT2D eigenvalue weighted by molar-refractivity contribution is 0.630. The molecule has 4 heteroatoms. The normalized spacial score (nSPS) is 10.6. The Hall–Kier alpha value is -2.26. The minimum absolute atomic E-state index is 0.292. The summed E-state index contributed by atoms with van der Waals surface area (Å²) in [6.45, 7) is 0. The fraction of sp³-hybridized carbons (Fsp3) is 0. The van der Waals surface area contributed by atoms with Crippen molar-refractivity contribution in [1.82, 2.24) is 4.98 Å². The summed E-state index contributed by atoms with van der Waals surface area (Å²) in [4.78, 5) is 4.32. The Bertz CT molecular complexity index is 802. The Balaban J connectivity index is 2.18. The molecule has 0 aliphatic carbocycles. The molecule has 0 radical (unpaired) electrons. The third kappa shape index (κ3) is 2.65. The number of nitrogens with zero attached hydrogens (tertiary/aromatic N) is 1. The SMILES string of the molecule is Fc1ccccc1-c1ccc(Cl)c(-c2ccccc2F)n1. The van der Waals surface area contributed by atoms with Crippen LogP contribution in [0.1, 0.15) is 0 Å². The maximum Gasteiger partial charge on any atom is 0.132 e. The number of hydrogen-bond donors (Lipinski definition) is 0. The van der Waals surface area contributed by atoms with Gasteiger partial charge in [-0.3, -0.25) is 0 Å². The highest BCUT2D eigenvalue weighted by molar-refractivity contribution is 6.33. The maximum absolute atomic E-state index is 13.9. The van der Waals surface area contributed by atoms with Gasteiger partial charge >= 0.3 is 0 Å². The van der Waals surface area contributed by atoms with E-state index in [4.69, 9.17) is 11.6 Å². The summed E-state index contributed by atoms with van der Waals surface area (Å²) in [7, 11) is 0. The quantitative estimate of drug-likeness (QED) is 0.622. The number of rotatable bonds is 2. The van der Waals surface area contributed by atoms with Gasteiger partial charge in [0.15, 0.2) is 0 Å². The first-order valence-corrected chi connectivity index (χ1v) is 6.71. The summed E-state index contributed by atoms with van der Waals surface area (Å²) >= 11 is 6.11. The third-order valence-corrected chi connectivity index (χ3v) is 3.43. The maximum atomic E-state index is 13.9. The highest BCUT2D eigenvalue weighted by Crippen LogP contribution is 2.31. The molecule has 0 amide bonds. The summed E-state index contributed by atoms with van der Waals surface area (Å²) in [5.74, 6) is -0.801. The van der Waals surface area contributed by atoms with E-state index < -0.39 is 5.82 Å². The van der Waals surface area contributed by atoms with Gasteiger partial charge in [0.05, 0.1) is 16.4 Å². The van der Waals surface area contributed by atoms with Crippen molar-refractivity contribution in [2.75, 3.05) is 0 Å². The highest BCUT2D eigenvalue weighted by atomic mass is 35.5. The van der Waals surface area contributed by atoms with Crippen LogP contribution < -0.4 is 0 Å². The van der Waals surface area contributed by atoms with E-state index in [1.165, 1.54) is 12.1 Å². The first-order chi connectivity index (χ1) is 10.2. The zero-order valence-electron chi connectivity index (χ0n) is 10.9. The zero-order chi connectivity index (χ0) is 14.8. The third-order valence-electron chi connectivity index (χ3n) is 3.12. The topological polar surface area (TPSA) is 12.9 Å². The van der Waals surface area contributed by atoms with Crippen LogP contribution in [0.15, 0.2) is 60.7 Å². The van der Waals surface area contributed by atoms with Crippen LogP contribution in [0.5, 0.6) is 0 Å². The molecule has 21 heavy (non-hydrogen) atoms. The van der Waals surface area contributed by atoms with E-state index in [-0.39, 0.29) is 5.82 Å². The molecule has 3 aromatic rings. The van der Waals surface area contributed by atoms with Crippen molar-refractivity contribution in [3.8, 4) is 22.5 Å². The molecule has 0 bridgehead atoms. The summed E-state index contributed by atoms with van der Waals surface area (Å²) < 4.78 is 27.7. The number of pyridine rings is 1. The average molecular weight is 302 g/mol. The molecule has 0 N–H and O–H groups in total. The van der Waals surface area contributed by atoms with Gasteiger partial charge in [0, 0.05) is 11.1 Å². The standard InChI is InChI=1S/C17H10ClF2N/c18-13-9-10-16(11-5-1-3-7-14(11)19)21-17(13)12-6-2-4-8-15(12)20/h1-10H. The van der Waals surface area contributed by atoms with Gasteiger partial charge in [-0.25, -0.2) is 13.8 Å². The van der Waals surface area contributed by atoms with Crippen molar-refractivity contribution >= 4 is 11.6 Å². The van der Waals surface area contributed by atoms with Gasteiger partial charge in [-0.15, -0.1) is 0 Å². The molecule has 0 spiro atoms. The summed E-state index contributed by atoms with van der Waals surface area (Å²) in [6, 6.07) is 15.7. The zero-order valence-corrected chi connectivity index (χ0v) is 11.6. The Morgan fingerprint density at radius 2 is 1.29 bits per heavy atom. The molecule has 3 rings (SSSR count). The van der Waals surface area contributed by atoms with Gasteiger partial charge in [-0.1, -0.05) is 35.9 Å². The van der Waals surface area contributed by atoms with Gasteiger partial charge in [0.25, 0.3) is 0 Å². The molecular weight excluding hydrogens is 292 g/mol. The van der Waals surface area contributed by atoms with Crippen LogP contribution in [0.4, 0.5) is 8.78 Å². The summed E-state index contributed by atoms with van der Waals surface area (Å²) in [5.41, 5.74) is 1.36. The van der Waals surface area contributed by atoms with Gasteiger partial charge in [-0.05, 0) is 36.4 Å². The van der Waals surface area contributed by atoms with E-state index in [0.717, 1.165) is 0 Å². The van der Waals surface area contributed by atoms with E-state index in [9.17, 15) is 8.78 Å². The second-order valence-electron chi connectivity index (χ2n) is 4.49. The fourth-order valence-electron chi connectivity index (χ4n) is 2.10. The first-order valence-electron chi connectivity index (χ1n) is 6.33. The van der Waals surface area contributed by atoms with Crippen LogP contribution in [-0.2, 0) is 0 Å². The van der Waals surface area contributed by atoms with Crippen molar-refractivity contribution in [3.05, 3.63) is 77.3 Å².